The van der Waals surface area contributed by atoms with Crippen LogP contribution in [-0.4, -0.2) is 62.2 Å². The fraction of sp³-hybridized carbons (Fsp3) is 0.462. The second kappa shape index (κ2) is 6.40. The van der Waals surface area contributed by atoms with E-state index in [1.54, 1.807) is 10.9 Å². The summed E-state index contributed by atoms with van der Waals surface area (Å²) in [6.07, 6.45) is 2.25. The maximum Gasteiger partial charge on any atom is 0.244 e. The molecular weight excluding hydrogens is 270 g/mol. The van der Waals surface area contributed by atoms with Gasteiger partial charge in [0.25, 0.3) is 0 Å². The number of pyridine rings is 1. The first-order chi connectivity index (χ1) is 10.3. The third kappa shape index (κ3) is 3.40. The Morgan fingerprint density at radius 2 is 2.14 bits per heavy atom. The summed E-state index contributed by atoms with van der Waals surface area (Å²) in [7, 11) is 0. The Labute approximate surface area is 122 Å². The predicted molar refractivity (Wildman–Crippen MR) is 74.3 cm³/mol. The maximum absolute atomic E-state index is 12.2. The fourth-order valence-corrected chi connectivity index (χ4v) is 2.28. The number of carbonyl (C=O) groups is 1. The Hall–Kier alpha value is -2.35. The third-order valence-electron chi connectivity index (χ3n) is 3.43. The topological polar surface area (TPSA) is 88.8 Å². The second-order valence-electron chi connectivity index (χ2n) is 4.88. The Morgan fingerprint density at radius 1 is 1.29 bits per heavy atom. The van der Waals surface area contributed by atoms with Gasteiger partial charge in [-0.15, -0.1) is 5.10 Å². The molecule has 1 saturated heterocycles. The first-order valence-electron chi connectivity index (χ1n) is 6.96. The lowest BCUT2D eigenvalue weighted by atomic mass is 10.2. The molecule has 2 aromatic rings. The summed E-state index contributed by atoms with van der Waals surface area (Å²) in [4.78, 5) is 18.3. The molecule has 0 spiro atoms. The van der Waals surface area contributed by atoms with Crippen LogP contribution in [0.15, 0.2) is 24.4 Å². The molecule has 21 heavy (non-hydrogen) atoms. The number of tetrazole rings is 1. The second-order valence-corrected chi connectivity index (χ2v) is 4.88. The van der Waals surface area contributed by atoms with E-state index in [-0.39, 0.29) is 12.5 Å². The zero-order valence-electron chi connectivity index (χ0n) is 11.6. The first kappa shape index (κ1) is 13.6. The van der Waals surface area contributed by atoms with E-state index in [2.05, 4.69) is 25.8 Å². The molecule has 3 heterocycles. The number of nitrogens with one attached hydrogen (secondary N) is 1. The van der Waals surface area contributed by atoms with Crippen LogP contribution in [0.2, 0.25) is 0 Å². The van der Waals surface area contributed by atoms with Gasteiger partial charge in [0.2, 0.25) is 5.91 Å². The number of rotatable bonds is 4. The number of carbonyl (C=O) groups excluding carboxylic acids is 1. The molecule has 8 nitrogen and oxygen atoms in total. The van der Waals surface area contributed by atoms with Crippen LogP contribution in [0.4, 0.5) is 0 Å². The molecule has 0 saturated carbocycles. The van der Waals surface area contributed by atoms with Gasteiger partial charge in [-0.3, -0.25) is 9.78 Å². The van der Waals surface area contributed by atoms with E-state index in [4.69, 9.17) is 0 Å². The van der Waals surface area contributed by atoms with Crippen molar-refractivity contribution in [2.75, 3.05) is 26.2 Å². The highest BCUT2D eigenvalue weighted by atomic mass is 16.2. The Bertz CT molecular complexity index is 592. The first-order valence-corrected chi connectivity index (χ1v) is 6.96. The van der Waals surface area contributed by atoms with Gasteiger partial charge in [0.15, 0.2) is 5.82 Å². The van der Waals surface area contributed by atoms with E-state index in [9.17, 15) is 4.79 Å². The van der Waals surface area contributed by atoms with Crippen molar-refractivity contribution in [3.8, 4) is 0 Å². The number of hydrogen-bond donors (Lipinski definition) is 1. The fourth-order valence-electron chi connectivity index (χ4n) is 2.28. The highest BCUT2D eigenvalue weighted by Crippen LogP contribution is 2.04. The van der Waals surface area contributed by atoms with Crippen molar-refractivity contribution in [1.82, 2.24) is 35.4 Å². The summed E-state index contributed by atoms with van der Waals surface area (Å²) >= 11 is 0. The molecule has 1 N–H and O–H groups in total. The SMILES string of the molecule is O=C(Cn1nnnc1Cc1ccccn1)N1CCNCC1. The summed E-state index contributed by atoms with van der Waals surface area (Å²) in [5.74, 6) is 0.697. The zero-order valence-corrected chi connectivity index (χ0v) is 11.6. The number of hydrogen-bond acceptors (Lipinski definition) is 6. The van der Waals surface area contributed by atoms with E-state index in [0.29, 0.717) is 12.2 Å². The summed E-state index contributed by atoms with van der Waals surface area (Å²) in [6.45, 7) is 3.31. The molecule has 0 atom stereocenters. The lowest BCUT2D eigenvalue weighted by molar-refractivity contribution is -0.132. The van der Waals surface area contributed by atoms with Crippen LogP contribution < -0.4 is 5.32 Å². The predicted octanol–water partition coefficient (Wildman–Crippen LogP) is -0.909. The zero-order chi connectivity index (χ0) is 14.5. The lowest BCUT2D eigenvalue weighted by Crippen LogP contribution is -2.47. The molecule has 0 aromatic carbocycles. The molecule has 0 radical (unpaired) electrons. The molecule has 1 amide bonds. The monoisotopic (exact) mass is 287 g/mol. The molecule has 0 aliphatic carbocycles. The van der Waals surface area contributed by atoms with E-state index in [0.717, 1.165) is 31.9 Å². The molecule has 1 aliphatic heterocycles. The Kier molecular flexibility index (Phi) is 4.15. The van der Waals surface area contributed by atoms with Gasteiger partial charge in [0.1, 0.15) is 6.54 Å². The summed E-state index contributed by atoms with van der Waals surface area (Å²) in [5, 5.41) is 14.8. The Balaban J connectivity index is 1.66. The quantitative estimate of drug-likeness (QED) is 0.783. The molecule has 8 heteroatoms. The minimum Gasteiger partial charge on any atom is -0.339 e. The maximum atomic E-state index is 12.2. The highest BCUT2D eigenvalue weighted by Gasteiger charge is 2.18. The number of nitrogens with zero attached hydrogens (tertiary/aromatic N) is 6. The van der Waals surface area contributed by atoms with Crippen molar-refractivity contribution in [1.29, 1.82) is 0 Å². The lowest BCUT2D eigenvalue weighted by Gasteiger charge is -2.27. The van der Waals surface area contributed by atoms with E-state index >= 15 is 0 Å². The van der Waals surface area contributed by atoms with Crippen molar-refractivity contribution in [2.24, 2.45) is 0 Å². The van der Waals surface area contributed by atoms with Gasteiger partial charge in [0.05, 0.1) is 6.42 Å². The van der Waals surface area contributed by atoms with Crippen LogP contribution in [0.25, 0.3) is 0 Å². The summed E-state index contributed by atoms with van der Waals surface area (Å²) < 4.78 is 1.55. The van der Waals surface area contributed by atoms with Crippen molar-refractivity contribution in [2.45, 2.75) is 13.0 Å². The summed E-state index contributed by atoms with van der Waals surface area (Å²) in [6, 6.07) is 5.69. The van der Waals surface area contributed by atoms with Crippen LogP contribution in [0.1, 0.15) is 11.5 Å². The number of amides is 1. The van der Waals surface area contributed by atoms with Gasteiger partial charge in [0, 0.05) is 38.1 Å². The van der Waals surface area contributed by atoms with E-state index in [1.165, 1.54) is 0 Å². The van der Waals surface area contributed by atoms with Crippen LogP contribution in [0, 0.1) is 0 Å². The van der Waals surface area contributed by atoms with Crippen LogP contribution in [-0.2, 0) is 17.8 Å². The van der Waals surface area contributed by atoms with Gasteiger partial charge < -0.3 is 10.2 Å². The van der Waals surface area contributed by atoms with Crippen molar-refractivity contribution in [3.63, 3.8) is 0 Å². The minimum atomic E-state index is 0.0473. The highest BCUT2D eigenvalue weighted by molar-refractivity contribution is 5.76. The molecule has 2 aromatic heterocycles. The Morgan fingerprint density at radius 3 is 2.90 bits per heavy atom. The van der Waals surface area contributed by atoms with Gasteiger partial charge in [-0.1, -0.05) is 6.07 Å². The number of aromatic nitrogens is 5. The molecule has 1 aliphatic rings. The smallest absolute Gasteiger partial charge is 0.244 e. The molecule has 0 bridgehead atoms. The molecular formula is C13H17N7O. The largest absolute Gasteiger partial charge is 0.339 e. The average Bonchev–Trinajstić information content (AvgIpc) is 2.96. The molecule has 3 rings (SSSR count). The van der Waals surface area contributed by atoms with Crippen molar-refractivity contribution >= 4 is 5.91 Å². The van der Waals surface area contributed by atoms with Crippen LogP contribution >= 0.6 is 0 Å². The normalized spacial score (nSPS) is 15.1. The van der Waals surface area contributed by atoms with Gasteiger partial charge in [-0.2, -0.15) is 0 Å². The molecule has 1 fully saturated rings. The summed E-state index contributed by atoms with van der Waals surface area (Å²) in [5.41, 5.74) is 0.878. The number of piperazine rings is 1. The van der Waals surface area contributed by atoms with E-state index in [1.807, 2.05) is 23.1 Å². The third-order valence-corrected chi connectivity index (χ3v) is 3.43. The average molecular weight is 287 g/mol. The van der Waals surface area contributed by atoms with Crippen molar-refractivity contribution in [3.05, 3.63) is 35.9 Å². The van der Waals surface area contributed by atoms with Crippen LogP contribution in [0.5, 0.6) is 0 Å². The molecule has 110 valence electrons. The standard InChI is InChI=1S/C13H17N7O/c21-13(19-7-5-14-6-8-19)10-20-12(16-17-18-20)9-11-3-1-2-4-15-11/h1-4,14H,5-10H2. The van der Waals surface area contributed by atoms with Gasteiger partial charge in [-0.05, 0) is 22.6 Å². The minimum absolute atomic E-state index is 0.0473. The van der Waals surface area contributed by atoms with E-state index < -0.39 is 0 Å². The van der Waals surface area contributed by atoms with Crippen molar-refractivity contribution < 1.29 is 4.79 Å². The van der Waals surface area contributed by atoms with Gasteiger partial charge >= 0.3 is 0 Å². The van der Waals surface area contributed by atoms with Gasteiger partial charge in [-0.25, -0.2) is 4.68 Å². The van der Waals surface area contributed by atoms with Crippen LogP contribution in [0.3, 0.4) is 0 Å². The molecule has 0 unspecified atom stereocenters.